The topological polar surface area (TPSA) is 60.8 Å². The highest BCUT2D eigenvalue weighted by Gasteiger charge is 2.32. The van der Waals surface area contributed by atoms with Crippen LogP contribution in [0.1, 0.15) is 17.9 Å². The molecule has 1 heterocycles. The Bertz CT molecular complexity index is 481. The molecule has 1 aromatic carbocycles. The number of halogens is 2. The van der Waals surface area contributed by atoms with Crippen molar-refractivity contribution in [1.29, 1.82) is 0 Å². The quantitative estimate of drug-likeness (QED) is 0.882. The van der Waals surface area contributed by atoms with Crippen LogP contribution in [-0.2, 0) is 0 Å². The van der Waals surface area contributed by atoms with Gasteiger partial charge in [-0.1, -0.05) is 29.3 Å². The van der Waals surface area contributed by atoms with Crippen LogP contribution in [0.3, 0.4) is 0 Å². The molecule has 0 spiro atoms. The second-order valence-corrected chi connectivity index (χ2v) is 5.55. The van der Waals surface area contributed by atoms with Crippen molar-refractivity contribution in [2.75, 3.05) is 19.7 Å². The molecule has 104 valence electrons. The molecular weight excluding hydrogens is 289 g/mol. The van der Waals surface area contributed by atoms with Gasteiger partial charge in [0.05, 0.1) is 10.0 Å². The molecule has 0 aromatic heterocycles. The molecule has 2 atom stereocenters. The Balaban J connectivity index is 2.19. The maximum absolute atomic E-state index is 11.0. The number of nitrogens with zero attached hydrogens (tertiary/aromatic N) is 1. The van der Waals surface area contributed by atoms with Crippen molar-refractivity contribution in [2.45, 2.75) is 12.3 Å². The zero-order valence-corrected chi connectivity index (χ0v) is 11.7. The van der Waals surface area contributed by atoms with E-state index < -0.39 is 6.09 Å². The van der Waals surface area contributed by atoms with Crippen molar-refractivity contribution in [3.05, 3.63) is 33.8 Å². The van der Waals surface area contributed by atoms with Crippen LogP contribution in [0.5, 0.6) is 0 Å². The summed E-state index contributed by atoms with van der Waals surface area (Å²) in [5.74, 6) is -0.00235. The number of aliphatic hydroxyl groups is 1. The maximum Gasteiger partial charge on any atom is 0.407 e. The molecule has 2 N–H and O–H groups in total. The minimum absolute atomic E-state index is 0.0469. The fraction of sp³-hybridized carbons (Fsp3) is 0.462. The number of likely N-dealkylation sites (tertiary alicyclic amines) is 1. The highest BCUT2D eigenvalue weighted by Crippen LogP contribution is 2.35. The van der Waals surface area contributed by atoms with Crippen molar-refractivity contribution in [1.82, 2.24) is 4.90 Å². The molecule has 6 heteroatoms. The van der Waals surface area contributed by atoms with Gasteiger partial charge in [-0.3, -0.25) is 0 Å². The van der Waals surface area contributed by atoms with Gasteiger partial charge >= 0.3 is 6.09 Å². The Hall–Kier alpha value is -0.970. The Morgan fingerprint density at radius 1 is 1.37 bits per heavy atom. The van der Waals surface area contributed by atoms with Crippen LogP contribution in [0.4, 0.5) is 4.79 Å². The molecule has 1 fully saturated rings. The van der Waals surface area contributed by atoms with E-state index in [0.29, 0.717) is 29.6 Å². The largest absolute Gasteiger partial charge is 0.465 e. The maximum atomic E-state index is 11.0. The second kappa shape index (κ2) is 5.99. The molecular formula is C13H15Cl2NO3. The molecule has 1 aromatic rings. The molecule has 1 saturated heterocycles. The highest BCUT2D eigenvalue weighted by atomic mass is 35.5. The predicted molar refractivity (Wildman–Crippen MR) is 74.0 cm³/mol. The molecule has 1 aliphatic heterocycles. The van der Waals surface area contributed by atoms with Crippen LogP contribution in [0.2, 0.25) is 10.0 Å². The van der Waals surface area contributed by atoms with Gasteiger partial charge in [-0.2, -0.15) is 0 Å². The summed E-state index contributed by atoms with van der Waals surface area (Å²) in [4.78, 5) is 12.3. The average molecular weight is 304 g/mol. The van der Waals surface area contributed by atoms with Crippen LogP contribution in [0, 0.1) is 5.92 Å². The van der Waals surface area contributed by atoms with Gasteiger partial charge in [0.25, 0.3) is 0 Å². The summed E-state index contributed by atoms with van der Waals surface area (Å²) in [6.07, 6.45) is -0.263. The third-order valence-electron chi connectivity index (χ3n) is 3.61. The lowest BCUT2D eigenvalue weighted by molar-refractivity contribution is 0.0886. The Morgan fingerprint density at radius 3 is 2.68 bits per heavy atom. The van der Waals surface area contributed by atoms with E-state index in [1.54, 1.807) is 12.1 Å². The lowest BCUT2D eigenvalue weighted by Gasteiger charge is -2.36. The molecule has 2 unspecified atom stereocenters. The fourth-order valence-electron chi connectivity index (χ4n) is 2.57. The first-order valence-electron chi connectivity index (χ1n) is 6.06. The monoisotopic (exact) mass is 303 g/mol. The molecule has 0 aliphatic carbocycles. The van der Waals surface area contributed by atoms with Crippen LogP contribution >= 0.6 is 23.2 Å². The molecule has 0 bridgehead atoms. The van der Waals surface area contributed by atoms with Crippen molar-refractivity contribution >= 4 is 29.3 Å². The first-order chi connectivity index (χ1) is 9.02. The first-order valence-corrected chi connectivity index (χ1v) is 6.82. The summed E-state index contributed by atoms with van der Waals surface area (Å²) in [5.41, 5.74) is 0.999. The lowest BCUT2D eigenvalue weighted by Crippen LogP contribution is -2.43. The number of piperidine rings is 1. The molecule has 0 saturated carbocycles. The van der Waals surface area contributed by atoms with E-state index in [4.69, 9.17) is 28.3 Å². The summed E-state index contributed by atoms with van der Waals surface area (Å²) in [7, 11) is 0. The van der Waals surface area contributed by atoms with Gasteiger partial charge < -0.3 is 15.1 Å². The zero-order valence-electron chi connectivity index (χ0n) is 10.2. The van der Waals surface area contributed by atoms with Crippen molar-refractivity contribution in [3.63, 3.8) is 0 Å². The number of aliphatic hydroxyl groups excluding tert-OH is 1. The summed E-state index contributed by atoms with van der Waals surface area (Å²) in [5, 5.41) is 19.4. The third kappa shape index (κ3) is 3.14. The number of benzene rings is 1. The van der Waals surface area contributed by atoms with Crippen molar-refractivity contribution in [2.24, 2.45) is 5.92 Å². The SMILES string of the molecule is O=C(O)N1CCC(c2ccc(Cl)c(Cl)c2)C(CO)C1. The van der Waals surface area contributed by atoms with E-state index in [-0.39, 0.29) is 18.4 Å². The average Bonchev–Trinajstić information content (AvgIpc) is 2.41. The highest BCUT2D eigenvalue weighted by molar-refractivity contribution is 6.42. The molecule has 4 nitrogen and oxygen atoms in total. The second-order valence-electron chi connectivity index (χ2n) is 4.74. The van der Waals surface area contributed by atoms with E-state index in [2.05, 4.69) is 0 Å². The first kappa shape index (κ1) is 14.4. The van der Waals surface area contributed by atoms with E-state index in [1.807, 2.05) is 6.07 Å². The minimum atomic E-state index is -0.939. The van der Waals surface area contributed by atoms with E-state index in [1.165, 1.54) is 4.90 Å². The molecule has 19 heavy (non-hydrogen) atoms. The molecule has 1 amide bonds. The molecule has 1 aliphatic rings. The van der Waals surface area contributed by atoms with Crippen LogP contribution in [0.25, 0.3) is 0 Å². The van der Waals surface area contributed by atoms with Crippen LogP contribution in [0.15, 0.2) is 18.2 Å². The van der Waals surface area contributed by atoms with Gasteiger partial charge in [0, 0.05) is 25.6 Å². The minimum Gasteiger partial charge on any atom is -0.465 e. The summed E-state index contributed by atoms with van der Waals surface area (Å²) in [6, 6.07) is 5.42. The Morgan fingerprint density at radius 2 is 2.11 bits per heavy atom. The third-order valence-corrected chi connectivity index (χ3v) is 4.35. The number of hydrogen-bond acceptors (Lipinski definition) is 2. The molecule has 0 radical (unpaired) electrons. The van der Waals surface area contributed by atoms with Gasteiger partial charge in [-0.05, 0) is 30.0 Å². The Labute approximate surface area is 121 Å². The van der Waals surface area contributed by atoms with Crippen molar-refractivity contribution in [3.8, 4) is 0 Å². The lowest BCUT2D eigenvalue weighted by atomic mass is 9.81. The van der Waals surface area contributed by atoms with Gasteiger partial charge in [0.2, 0.25) is 0 Å². The van der Waals surface area contributed by atoms with Crippen molar-refractivity contribution < 1.29 is 15.0 Å². The fourth-order valence-corrected chi connectivity index (χ4v) is 2.88. The van der Waals surface area contributed by atoms with Gasteiger partial charge in [-0.25, -0.2) is 4.79 Å². The predicted octanol–water partition coefficient (Wildman–Crippen LogP) is 3.07. The standard InChI is InChI=1S/C13H15Cl2NO3/c14-11-2-1-8(5-12(11)15)10-3-4-16(13(18)19)6-9(10)7-17/h1-2,5,9-10,17H,3-4,6-7H2,(H,18,19). The normalized spacial score (nSPS) is 23.4. The zero-order chi connectivity index (χ0) is 14.0. The van der Waals surface area contributed by atoms with E-state index in [9.17, 15) is 9.90 Å². The number of carboxylic acid groups (broad SMARTS) is 1. The number of amides is 1. The summed E-state index contributed by atoms with van der Waals surface area (Å²) < 4.78 is 0. The van der Waals surface area contributed by atoms with E-state index >= 15 is 0 Å². The van der Waals surface area contributed by atoms with Gasteiger partial charge in [0.15, 0.2) is 0 Å². The summed E-state index contributed by atoms with van der Waals surface area (Å²) in [6.45, 7) is 0.766. The summed E-state index contributed by atoms with van der Waals surface area (Å²) >= 11 is 11.9. The smallest absolute Gasteiger partial charge is 0.407 e. The van der Waals surface area contributed by atoms with Crippen LogP contribution < -0.4 is 0 Å². The van der Waals surface area contributed by atoms with Gasteiger partial charge in [0.1, 0.15) is 0 Å². The number of carbonyl (C=O) groups is 1. The number of hydrogen-bond donors (Lipinski definition) is 2. The number of rotatable bonds is 2. The van der Waals surface area contributed by atoms with E-state index in [0.717, 1.165) is 5.56 Å². The van der Waals surface area contributed by atoms with Crippen LogP contribution in [-0.4, -0.2) is 40.9 Å². The Kier molecular flexibility index (Phi) is 4.55. The van der Waals surface area contributed by atoms with Gasteiger partial charge in [-0.15, -0.1) is 0 Å². The molecule has 2 rings (SSSR count).